The first-order chi connectivity index (χ1) is 9.70. The van der Waals surface area contributed by atoms with Crippen molar-refractivity contribution in [2.45, 2.75) is 39.3 Å². The van der Waals surface area contributed by atoms with E-state index in [0.717, 1.165) is 25.6 Å². The second-order valence-electron chi connectivity index (χ2n) is 6.03. The normalized spacial score (nSPS) is 14.8. The van der Waals surface area contributed by atoms with E-state index < -0.39 is 0 Å². The molecule has 0 aliphatic heterocycles. The van der Waals surface area contributed by atoms with E-state index in [1.807, 2.05) is 0 Å². The van der Waals surface area contributed by atoms with Crippen LogP contribution in [0.1, 0.15) is 32.3 Å². The molecule has 1 saturated carbocycles. The van der Waals surface area contributed by atoms with E-state index in [1.54, 1.807) is 7.11 Å². The smallest absolute Gasteiger partial charge is 0.0587 e. The SMILES string of the molecule is COCCNCc1ccc(N(CC2CC2)C(C)C)cc1. The van der Waals surface area contributed by atoms with Crippen LogP contribution in [0.4, 0.5) is 5.69 Å². The Morgan fingerprint density at radius 2 is 1.95 bits per heavy atom. The number of anilines is 1. The number of nitrogens with zero attached hydrogens (tertiary/aromatic N) is 1. The van der Waals surface area contributed by atoms with Gasteiger partial charge in [-0.15, -0.1) is 0 Å². The summed E-state index contributed by atoms with van der Waals surface area (Å²) in [7, 11) is 1.73. The van der Waals surface area contributed by atoms with Gasteiger partial charge >= 0.3 is 0 Å². The number of ether oxygens (including phenoxy) is 1. The minimum Gasteiger partial charge on any atom is -0.383 e. The average Bonchev–Trinajstić information content (AvgIpc) is 3.26. The van der Waals surface area contributed by atoms with Crippen molar-refractivity contribution in [2.24, 2.45) is 5.92 Å². The molecule has 1 aromatic carbocycles. The van der Waals surface area contributed by atoms with Crippen LogP contribution >= 0.6 is 0 Å². The number of rotatable bonds is 9. The van der Waals surface area contributed by atoms with Gasteiger partial charge < -0.3 is 15.0 Å². The van der Waals surface area contributed by atoms with Crippen LogP contribution in [0.15, 0.2) is 24.3 Å². The molecule has 3 nitrogen and oxygen atoms in total. The first-order valence-corrected chi connectivity index (χ1v) is 7.76. The van der Waals surface area contributed by atoms with Gasteiger partial charge in [0.1, 0.15) is 0 Å². The lowest BCUT2D eigenvalue weighted by atomic mass is 10.1. The molecule has 20 heavy (non-hydrogen) atoms. The summed E-state index contributed by atoms with van der Waals surface area (Å²) in [6, 6.07) is 9.56. The summed E-state index contributed by atoms with van der Waals surface area (Å²) >= 11 is 0. The Bertz CT molecular complexity index is 384. The van der Waals surface area contributed by atoms with Crippen molar-refractivity contribution in [1.29, 1.82) is 0 Å². The highest BCUT2D eigenvalue weighted by Crippen LogP contribution is 2.32. The number of hydrogen-bond donors (Lipinski definition) is 1. The summed E-state index contributed by atoms with van der Waals surface area (Å²) in [5.41, 5.74) is 2.69. The lowest BCUT2D eigenvalue weighted by molar-refractivity contribution is 0.199. The quantitative estimate of drug-likeness (QED) is 0.702. The summed E-state index contributed by atoms with van der Waals surface area (Å²) in [5.74, 6) is 0.924. The van der Waals surface area contributed by atoms with Gasteiger partial charge in [0.2, 0.25) is 0 Å². The fraction of sp³-hybridized carbons (Fsp3) is 0.647. The molecule has 1 aromatic rings. The molecule has 0 unspecified atom stereocenters. The zero-order valence-electron chi connectivity index (χ0n) is 13.1. The van der Waals surface area contributed by atoms with E-state index in [-0.39, 0.29) is 0 Å². The fourth-order valence-corrected chi connectivity index (χ4v) is 2.41. The van der Waals surface area contributed by atoms with Gasteiger partial charge in [0.15, 0.2) is 0 Å². The molecule has 1 fully saturated rings. The maximum absolute atomic E-state index is 5.03. The molecule has 0 aromatic heterocycles. The lowest BCUT2D eigenvalue weighted by Gasteiger charge is -2.29. The Morgan fingerprint density at radius 1 is 1.25 bits per heavy atom. The maximum atomic E-state index is 5.03. The van der Waals surface area contributed by atoms with E-state index in [1.165, 1.54) is 30.6 Å². The zero-order chi connectivity index (χ0) is 14.4. The molecule has 0 saturated heterocycles. The fourth-order valence-electron chi connectivity index (χ4n) is 2.41. The number of nitrogens with one attached hydrogen (secondary N) is 1. The van der Waals surface area contributed by atoms with E-state index in [0.29, 0.717) is 6.04 Å². The van der Waals surface area contributed by atoms with Crippen LogP contribution in [0, 0.1) is 5.92 Å². The van der Waals surface area contributed by atoms with Gasteiger partial charge in [-0.25, -0.2) is 0 Å². The molecular formula is C17H28N2O. The first kappa shape index (κ1) is 15.3. The highest BCUT2D eigenvalue weighted by molar-refractivity contribution is 5.48. The van der Waals surface area contributed by atoms with Gasteiger partial charge in [-0.05, 0) is 50.3 Å². The standard InChI is InChI=1S/C17H28N2O/c1-14(2)19(13-16-4-5-16)17-8-6-15(7-9-17)12-18-10-11-20-3/h6-9,14,16,18H,4-5,10-13H2,1-3H3. The predicted molar refractivity (Wildman–Crippen MR) is 85.2 cm³/mol. The van der Waals surface area contributed by atoms with Crippen LogP contribution in [-0.2, 0) is 11.3 Å². The molecule has 1 aliphatic carbocycles. The van der Waals surface area contributed by atoms with Crippen molar-refractivity contribution in [3.63, 3.8) is 0 Å². The van der Waals surface area contributed by atoms with Gasteiger partial charge in [0.05, 0.1) is 6.61 Å². The highest BCUT2D eigenvalue weighted by atomic mass is 16.5. The van der Waals surface area contributed by atoms with E-state index in [9.17, 15) is 0 Å². The molecule has 1 aliphatic rings. The molecule has 1 N–H and O–H groups in total. The Kier molecular flexibility index (Phi) is 5.86. The number of methoxy groups -OCH3 is 1. The predicted octanol–water partition coefficient (Wildman–Crippen LogP) is 3.05. The lowest BCUT2D eigenvalue weighted by Crippen LogP contribution is -2.32. The van der Waals surface area contributed by atoms with Crippen LogP contribution in [0.3, 0.4) is 0 Å². The molecule has 0 heterocycles. The molecule has 112 valence electrons. The van der Waals surface area contributed by atoms with Crippen molar-refractivity contribution >= 4 is 5.69 Å². The van der Waals surface area contributed by atoms with Crippen molar-refractivity contribution in [3.8, 4) is 0 Å². The van der Waals surface area contributed by atoms with E-state index >= 15 is 0 Å². The van der Waals surface area contributed by atoms with Gasteiger partial charge in [-0.2, -0.15) is 0 Å². The Balaban J connectivity index is 1.88. The van der Waals surface area contributed by atoms with Crippen LogP contribution in [0.2, 0.25) is 0 Å². The molecule has 3 heteroatoms. The second-order valence-corrected chi connectivity index (χ2v) is 6.03. The molecule has 0 amide bonds. The summed E-state index contributed by atoms with van der Waals surface area (Å²) in [6.45, 7) is 8.35. The van der Waals surface area contributed by atoms with Crippen molar-refractivity contribution in [2.75, 3.05) is 31.7 Å². The van der Waals surface area contributed by atoms with Gasteiger partial charge in [0, 0.05) is 38.5 Å². The Labute approximate surface area is 123 Å². The van der Waals surface area contributed by atoms with Crippen molar-refractivity contribution in [1.82, 2.24) is 5.32 Å². The molecular weight excluding hydrogens is 248 g/mol. The third kappa shape index (κ3) is 4.80. The largest absolute Gasteiger partial charge is 0.383 e. The maximum Gasteiger partial charge on any atom is 0.0587 e. The highest BCUT2D eigenvalue weighted by Gasteiger charge is 2.25. The Hall–Kier alpha value is -1.06. The number of benzene rings is 1. The Morgan fingerprint density at radius 3 is 2.50 bits per heavy atom. The van der Waals surface area contributed by atoms with Crippen LogP contribution in [-0.4, -0.2) is 32.8 Å². The van der Waals surface area contributed by atoms with Crippen LogP contribution < -0.4 is 10.2 Å². The van der Waals surface area contributed by atoms with Crippen LogP contribution in [0.5, 0.6) is 0 Å². The van der Waals surface area contributed by atoms with E-state index in [2.05, 4.69) is 48.3 Å². The second kappa shape index (κ2) is 7.65. The third-order valence-electron chi connectivity index (χ3n) is 3.86. The topological polar surface area (TPSA) is 24.5 Å². The molecule has 0 bridgehead atoms. The minimum atomic E-state index is 0.571. The first-order valence-electron chi connectivity index (χ1n) is 7.76. The third-order valence-corrected chi connectivity index (χ3v) is 3.86. The molecule has 0 atom stereocenters. The van der Waals surface area contributed by atoms with Gasteiger partial charge in [0.25, 0.3) is 0 Å². The monoisotopic (exact) mass is 276 g/mol. The average molecular weight is 276 g/mol. The molecule has 2 rings (SSSR count). The summed E-state index contributed by atoms with van der Waals surface area (Å²) in [5, 5.41) is 3.38. The van der Waals surface area contributed by atoms with Gasteiger partial charge in [-0.1, -0.05) is 12.1 Å². The zero-order valence-corrected chi connectivity index (χ0v) is 13.1. The van der Waals surface area contributed by atoms with Crippen LogP contribution in [0.25, 0.3) is 0 Å². The molecule has 0 radical (unpaired) electrons. The molecule has 0 spiro atoms. The number of hydrogen-bond acceptors (Lipinski definition) is 3. The minimum absolute atomic E-state index is 0.571. The van der Waals surface area contributed by atoms with Crippen molar-refractivity contribution < 1.29 is 4.74 Å². The van der Waals surface area contributed by atoms with E-state index in [4.69, 9.17) is 4.74 Å². The van der Waals surface area contributed by atoms with Gasteiger partial charge in [-0.3, -0.25) is 0 Å². The summed E-state index contributed by atoms with van der Waals surface area (Å²) in [4.78, 5) is 2.53. The summed E-state index contributed by atoms with van der Waals surface area (Å²) in [6.07, 6.45) is 2.81. The van der Waals surface area contributed by atoms with Crippen molar-refractivity contribution in [3.05, 3.63) is 29.8 Å². The summed E-state index contributed by atoms with van der Waals surface area (Å²) < 4.78 is 5.03.